The van der Waals surface area contributed by atoms with Crippen molar-refractivity contribution in [3.8, 4) is 17.2 Å². The van der Waals surface area contributed by atoms with E-state index in [0.29, 0.717) is 24.7 Å². The highest BCUT2D eigenvalue weighted by Crippen LogP contribution is 2.36. The third-order valence-electron chi connectivity index (χ3n) is 4.47. The van der Waals surface area contributed by atoms with Gasteiger partial charge in [0.05, 0.1) is 6.54 Å². The van der Waals surface area contributed by atoms with Gasteiger partial charge in [0.25, 0.3) is 0 Å². The minimum atomic E-state index is -0.641. The zero-order chi connectivity index (χ0) is 22.8. The van der Waals surface area contributed by atoms with Crippen molar-refractivity contribution < 1.29 is 28.5 Å². The first-order chi connectivity index (χ1) is 15.6. The maximum atomic E-state index is 12.2. The summed E-state index contributed by atoms with van der Waals surface area (Å²) in [6.45, 7) is 6.06. The van der Waals surface area contributed by atoms with E-state index >= 15 is 0 Å². The highest BCUT2D eigenvalue weighted by Gasteiger charge is 2.15. The number of para-hydroxylation sites is 1. The van der Waals surface area contributed by atoms with Crippen molar-refractivity contribution in [2.75, 3.05) is 26.4 Å². The molecule has 32 heavy (non-hydrogen) atoms. The SMILES string of the molecule is C=CC(=O)OCCNC(=O)Oc1c(C)cc(OCCOc2ccccc2)c2ccccc12. The Hall–Kier alpha value is -4.00. The van der Waals surface area contributed by atoms with Gasteiger partial charge in [-0.1, -0.05) is 49.0 Å². The predicted octanol–water partition coefficient (Wildman–Crippen LogP) is 4.42. The van der Waals surface area contributed by atoms with E-state index in [0.717, 1.165) is 28.2 Å². The van der Waals surface area contributed by atoms with Crippen molar-refractivity contribution in [2.45, 2.75) is 6.92 Å². The van der Waals surface area contributed by atoms with Gasteiger partial charge >= 0.3 is 12.1 Å². The van der Waals surface area contributed by atoms with Crippen LogP contribution in [0.5, 0.6) is 17.2 Å². The van der Waals surface area contributed by atoms with Gasteiger partial charge in [-0.15, -0.1) is 0 Å². The molecule has 0 unspecified atom stereocenters. The van der Waals surface area contributed by atoms with Crippen molar-refractivity contribution in [3.05, 3.63) is 78.9 Å². The van der Waals surface area contributed by atoms with Crippen LogP contribution in [0.15, 0.2) is 73.3 Å². The maximum Gasteiger partial charge on any atom is 0.412 e. The Morgan fingerprint density at radius 1 is 0.938 bits per heavy atom. The van der Waals surface area contributed by atoms with E-state index in [1.54, 1.807) is 0 Å². The number of nitrogens with one attached hydrogen (secondary N) is 1. The minimum absolute atomic E-state index is 0.0253. The van der Waals surface area contributed by atoms with E-state index in [1.165, 1.54) is 0 Å². The van der Waals surface area contributed by atoms with Gasteiger partial charge in [-0.05, 0) is 30.7 Å². The molecular formula is C25H25NO6. The molecule has 0 fully saturated rings. The van der Waals surface area contributed by atoms with Crippen molar-refractivity contribution in [3.63, 3.8) is 0 Å². The number of rotatable bonds is 10. The topological polar surface area (TPSA) is 83.1 Å². The van der Waals surface area contributed by atoms with E-state index < -0.39 is 12.1 Å². The molecule has 0 aromatic heterocycles. The molecule has 0 saturated heterocycles. The highest BCUT2D eigenvalue weighted by molar-refractivity contribution is 5.95. The van der Waals surface area contributed by atoms with Crippen LogP contribution in [0.2, 0.25) is 0 Å². The monoisotopic (exact) mass is 435 g/mol. The smallest absolute Gasteiger partial charge is 0.412 e. The van der Waals surface area contributed by atoms with E-state index in [2.05, 4.69) is 11.9 Å². The van der Waals surface area contributed by atoms with Gasteiger partial charge in [0.2, 0.25) is 0 Å². The number of benzene rings is 3. The lowest BCUT2D eigenvalue weighted by atomic mass is 10.0. The van der Waals surface area contributed by atoms with Gasteiger partial charge in [-0.3, -0.25) is 0 Å². The fraction of sp³-hybridized carbons (Fsp3) is 0.200. The molecule has 0 aliphatic heterocycles. The number of carbonyl (C=O) groups is 2. The molecule has 3 aromatic rings. The van der Waals surface area contributed by atoms with Crippen LogP contribution in [0, 0.1) is 6.92 Å². The maximum absolute atomic E-state index is 12.2. The number of fused-ring (bicyclic) bond motifs is 1. The van der Waals surface area contributed by atoms with Gasteiger partial charge in [0.15, 0.2) is 0 Å². The molecular weight excluding hydrogens is 410 g/mol. The molecule has 166 valence electrons. The number of carbonyl (C=O) groups excluding carboxylic acids is 2. The van der Waals surface area contributed by atoms with Crippen LogP contribution in [0.1, 0.15) is 5.56 Å². The first-order valence-electron chi connectivity index (χ1n) is 10.2. The average molecular weight is 435 g/mol. The first kappa shape index (κ1) is 22.7. The highest BCUT2D eigenvalue weighted by atomic mass is 16.6. The number of esters is 1. The summed E-state index contributed by atoms with van der Waals surface area (Å²) in [6.07, 6.45) is 0.420. The number of aryl methyl sites for hydroxylation is 1. The molecule has 1 amide bonds. The third kappa shape index (κ3) is 6.25. The summed E-state index contributed by atoms with van der Waals surface area (Å²) in [6, 6.07) is 18.9. The largest absolute Gasteiger partial charge is 0.490 e. The van der Waals surface area contributed by atoms with Crippen molar-refractivity contribution in [1.29, 1.82) is 0 Å². The van der Waals surface area contributed by atoms with Crippen molar-refractivity contribution in [2.24, 2.45) is 0 Å². The lowest BCUT2D eigenvalue weighted by molar-refractivity contribution is -0.137. The number of amides is 1. The zero-order valence-corrected chi connectivity index (χ0v) is 17.8. The Bertz CT molecular complexity index is 1080. The second kappa shape index (κ2) is 11.4. The van der Waals surface area contributed by atoms with Gasteiger partial charge in [-0.2, -0.15) is 0 Å². The molecule has 1 N–H and O–H groups in total. The van der Waals surface area contributed by atoms with Gasteiger partial charge in [0.1, 0.15) is 37.1 Å². The molecule has 0 spiro atoms. The van der Waals surface area contributed by atoms with Crippen LogP contribution in [-0.2, 0) is 9.53 Å². The lowest BCUT2D eigenvalue weighted by Crippen LogP contribution is -2.30. The van der Waals surface area contributed by atoms with Gasteiger partial charge in [0, 0.05) is 16.8 Å². The summed E-state index contributed by atoms with van der Waals surface area (Å²) >= 11 is 0. The zero-order valence-electron chi connectivity index (χ0n) is 17.8. The van der Waals surface area contributed by atoms with Crippen LogP contribution in [0.4, 0.5) is 4.79 Å². The van der Waals surface area contributed by atoms with Gasteiger partial charge in [-0.25, -0.2) is 9.59 Å². The number of ether oxygens (including phenoxy) is 4. The number of hydrogen-bond donors (Lipinski definition) is 1. The van der Waals surface area contributed by atoms with Crippen molar-refractivity contribution in [1.82, 2.24) is 5.32 Å². The third-order valence-corrected chi connectivity index (χ3v) is 4.47. The molecule has 7 heteroatoms. The molecule has 3 aromatic carbocycles. The normalized spacial score (nSPS) is 10.3. The van der Waals surface area contributed by atoms with Crippen molar-refractivity contribution >= 4 is 22.8 Å². The summed E-state index contributed by atoms with van der Waals surface area (Å²) in [4.78, 5) is 23.2. The summed E-state index contributed by atoms with van der Waals surface area (Å²) in [7, 11) is 0. The van der Waals surface area contributed by atoms with Crippen LogP contribution in [0.25, 0.3) is 10.8 Å². The Morgan fingerprint density at radius 2 is 1.62 bits per heavy atom. The predicted molar refractivity (Wildman–Crippen MR) is 121 cm³/mol. The van der Waals surface area contributed by atoms with Crippen LogP contribution in [-0.4, -0.2) is 38.4 Å². The quantitative estimate of drug-likeness (QED) is 0.288. The molecule has 0 radical (unpaired) electrons. The van der Waals surface area contributed by atoms with Crippen LogP contribution < -0.4 is 19.5 Å². The van der Waals surface area contributed by atoms with Crippen LogP contribution >= 0.6 is 0 Å². The molecule has 7 nitrogen and oxygen atoms in total. The van der Waals surface area contributed by atoms with E-state index in [-0.39, 0.29) is 13.2 Å². The molecule has 0 heterocycles. The lowest BCUT2D eigenvalue weighted by Gasteiger charge is -2.16. The molecule has 0 atom stereocenters. The molecule has 0 aliphatic rings. The Kier molecular flexibility index (Phi) is 8.09. The summed E-state index contributed by atoms with van der Waals surface area (Å²) < 4.78 is 22.0. The van der Waals surface area contributed by atoms with Gasteiger partial charge < -0.3 is 24.3 Å². The van der Waals surface area contributed by atoms with Crippen LogP contribution in [0.3, 0.4) is 0 Å². The van der Waals surface area contributed by atoms with E-state index in [1.807, 2.05) is 67.6 Å². The second-order valence-electron chi connectivity index (χ2n) is 6.76. The molecule has 0 bridgehead atoms. The first-order valence-corrected chi connectivity index (χ1v) is 10.2. The molecule has 3 rings (SSSR count). The number of hydrogen-bond acceptors (Lipinski definition) is 6. The summed E-state index contributed by atoms with van der Waals surface area (Å²) in [5.41, 5.74) is 0.746. The molecule has 0 aliphatic carbocycles. The fourth-order valence-corrected chi connectivity index (χ4v) is 3.02. The molecule has 0 saturated carbocycles. The van der Waals surface area contributed by atoms with E-state index in [4.69, 9.17) is 18.9 Å². The standard InChI is InChI=1S/C25H25NO6/c1-3-23(27)31-14-13-26-25(28)32-24-18(2)17-22(20-11-7-8-12-21(20)24)30-16-15-29-19-9-5-4-6-10-19/h3-12,17H,1,13-16H2,2H3,(H,26,28). The Labute approximate surface area is 186 Å². The minimum Gasteiger partial charge on any atom is -0.490 e. The Balaban J connectivity index is 1.63. The average Bonchev–Trinajstić information content (AvgIpc) is 2.82. The summed E-state index contributed by atoms with van der Waals surface area (Å²) in [5.74, 6) is 1.35. The fourth-order valence-electron chi connectivity index (χ4n) is 3.02. The Morgan fingerprint density at radius 3 is 2.38 bits per heavy atom. The second-order valence-corrected chi connectivity index (χ2v) is 6.76. The van der Waals surface area contributed by atoms with E-state index in [9.17, 15) is 9.59 Å². The summed E-state index contributed by atoms with van der Waals surface area (Å²) in [5, 5.41) is 4.12.